The van der Waals surface area contributed by atoms with Crippen molar-refractivity contribution in [2.75, 3.05) is 5.88 Å². The van der Waals surface area contributed by atoms with E-state index in [1.807, 2.05) is 0 Å². The lowest BCUT2D eigenvalue weighted by atomic mass is 10.2. The predicted molar refractivity (Wildman–Crippen MR) is 53.1 cm³/mol. The zero-order chi connectivity index (χ0) is 10.6. The second-order valence-electron chi connectivity index (χ2n) is 2.51. The molecule has 0 amide bonds. The van der Waals surface area contributed by atoms with Gasteiger partial charge in [0.15, 0.2) is 0 Å². The summed E-state index contributed by atoms with van der Waals surface area (Å²) in [6.07, 6.45) is 0. The molecule has 0 bridgehead atoms. The maximum Gasteiger partial charge on any atom is 0.141 e. The molecule has 0 aliphatic heterocycles. The summed E-state index contributed by atoms with van der Waals surface area (Å²) in [6, 6.07) is 5.61. The summed E-state index contributed by atoms with van der Waals surface area (Å²) in [4.78, 5) is 3.87. The molecule has 0 atom stereocenters. The van der Waals surface area contributed by atoms with Crippen molar-refractivity contribution in [3.8, 4) is 6.07 Å². The molecule has 14 heavy (non-hydrogen) atoms. The highest BCUT2D eigenvalue weighted by molar-refractivity contribution is 6.28. The summed E-state index contributed by atoms with van der Waals surface area (Å²) in [5.41, 5.74) is 5.73. The molecule has 0 radical (unpaired) electrons. The molecule has 0 spiro atoms. The minimum Gasteiger partial charge on any atom is -0.386 e. The molecule has 0 unspecified atom stereocenters. The highest BCUT2D eigenvalue weighted by Crippen LogP contribution is 2.16. The Kier molecular flexibility index (Phi) is 3.43. The number of nitrogens with zero attached hydrogens (tertiary/aromatic N) is 2. The summed E-state index contributed by atoms with van der Waals surface area (Å²) in [7, 11) is 0. The van der Waals surface area contributed by atoms with Crippen LogP contribution in [0, 0.1) is 17.1 Å². The Morgan fingerprint density at radius 2 is 2.36 bits per heavy atom. The Labute approximate surface area is 85.6 Å². The third-order valence-corrected chi connectivity index (χ3v) is 1.75. The molecule has 1 aromatic carbocycles. The van der Waals surface area contributed by atoms with Gasteiger partial charge in [0.05, 0.1) is 17.1 Å². The van der Waals surface area contributed by atoms with Crippen LogP contribution < -0.4 is 5.73 Å². The minimum absolute atomic E-state index is 0.0615. The quantitative estimate of drug-likeness (QED) is 0.462. The van der Waals surface area contributed by atoms with Gasteiger partial charge < -0.3 is 5.73 Å². The number of rotatable bonds is 2. The van der Waals surface area contributed by atoms with E-state index in [2.05, 4.69) is 4.99 Å². The van der Waals surface area contributed by atoms with Gasteiger partial charge in [-0.2, -0.15) is 5.26 Å². The van der Waals surface area contributed by atoms with Gasteiger partial charge in [-0.3, -0.25) is 0 Å². The highest BCUT2D eigenvalue weighted by Gasteiger charge is 2.01. The molecule has 72 valence electrons. The maximum atomic E-state index is 12.9. The average molecular weight is 212 g/mol. The molecule has 5 heteroatoms. The lowest BCUT2D eigenvalue weighted by molar-refractivity contribution is 0.624. The van der Waals surface area contributed by atoms with Crippen LogP contribution in [0.4, 0.5) is 10.1 Å². The number of hydrogen-bond acceptors (Lipinski definition) is 2. The highest BCUT2D eigenvalue weighted by atomic mass is 35.5. The molecular formula is C9H7ClFN3. The van der Waals surface area contributed by atoms with E-state index < -0.39 is 5.82 Å². The number of benzene rings is 1. The molecule has 0 aliphatic rings. The molecule has 0 saturated carbocycles. The predicted octanol–water partition coefficient (Wildman–Crippen LogP) is 1.92. The number of aliphatic imine (C=N–C) groups is 1. The van der Waals surface area contributed by atoms with Crippen molar-refractivity contribution >= 4 is 23.1 Å². The fourth-order valence-corrected chi connectivity index (χ4v) is 0.924. The first-order chi connectivity index (χ1) is 6.67. The van der Waals surface area contributed by atoms with Gasteiger partial charge >= 0.3 is 0 Å². The van der Waals surface area contributed by atoms with Crippen molar-refractivity contribution in [1.82, 2.24) is 0 Å². The zero-order valence-electron chi connectivity index (χ0n) is 7.17. The van der Waals surface area contributed by atoms with E-state index in [9.17, 15) is 4.39 Å². The number of amidine groups is 1. The largest absolute Gasteiger partial charge is 0.386 e. The fraction of sp³-hybridized carbons (Fsp3) is 0.111. The number of hydrogen-bond donors (Lipinski definition) is 1. The second kappa shape index (κ2) is 4.58. The SMILES string of the molecule is N#Cc1cc(N=C(N)CCl)ccc1F. The van der Waals surface area contributed by atoms with Gasteiger partial charge in [-0.05, 0) is 18.2 Å². The molecule has 0 fully saturated rings. The summed E-state index contributed by atoms with van der Waals surface area (Å²) >= 11 is 5.41. The van der Waals surface area contributed by atoms with Crippen molar-refractivity contribution in [3.63, 3.8) is 0 Å². The van der Waals surface area contributed by atoms with E-state index in [1.165, 1.54) is 18.2 Å². The molecule has 3 nitrogen and oxygen atoms in total. The van der Waals surface area contributed by atoms with Crippen molar-refractivity contribution in [2.45, 2.75) is 0 Å². The Morgan fingerprint density at radius 1 is 1.64 bits per heavy atom. The summed E-state index contributed by atoms with van der Waals surface area (Å²) in [5.74, 6) is -0.253. The van der Waals surface area contributed by atoms with Crippen LogP contribution in [-0.4, -0.2) is 11.7 Å². The first-order valence-electron chi connectivity index (χ1n) is 3.76. The van der Waals surface area contributed by atoms with E-state index in [0.29, 0.717) is 5.69 Å². The fourth-order valence-electron chi connectivity index (χ4n) is 0.864. The van der Waals surface area contributed by atoms with E-state index in [4.69, 9.17) is 22.6 Å². The summed E-state index contributed by atoms with van der Waals surface area (Å²) in [6.45, 7) is 0. The van der Waals surface area contributed by atoms with Gasteiger partial charge in [0.2, 0.25) is 0 Å². The Balaban J connectivity index is 3.09. The van der Waals surface area contributed by atoms with Gasteiger partial charge in [-0.15, -0.1) is 11.6 Å². The Hall–Kier alpha value is -1.60. The van der Waals surface area contributed by atoms with E-state index in [-0.39, 0.29) is 17.3 Å². The number of halogens is 2. The van der Waals surface area contributed by atoms with Crippen molar-refractivity contribution in [2.24, 2.45) is 10.7 Å². The van der Waals surface area contributed by atoms with Gasteiger partial charge in [0.25, 0.3) is 0 Å². The average Bonchev–Trinajstić information content (AvgIpc) is 2.20. The molecule has 0 saturated heterocycles. The van der Waals surface area contributed by atoms with Crippen LogP contribution in [0.3, 0.4) is 0 Å². The van der Waals surface area contributed by atoms with Crippen molar-refractivity contribution in [3.05, 3.63) is 29.6 Å². The molecule has 1 rings (SSSR count). The van der Waals surface area contributed by atoms with Crippen LogP contribution in [0.1, 0.15) is 5.56 Å². The van der Waals surface area contributed by atoms with Crippen LogP contribution in [-0.2, 0) is 0 Å². The maximum absolute atomic E-state index is 12.9. The Morgan fingerprint density at radius 3 is 2.93 bits per heavy atom. The first kappa shape index (κ1) is 10.5. The molecular weight excluding hydrogens is 205 g/mol. The van der Waals surface area contributed by atoms with Crippen molar-refractivity contribution < 1.29 is 4.39 Å². The number of nitriles is 1. The molecule has 1 aromatic rings. The van der Waals surface area contributed by atoms with Crippen LogP contribution in [0.5, 0.6) is 0 Å². The topological polar surface area (TPSA) is 62.2 Å². The van der Waals surface area contributed by atoms with Gasteiger partial charge in [0.1, 0.15) is 17.7 Å². The van der Waals surface area contributed by atoms with E-state index in [1.54, 1.807) is 6.07 Å². The smallest absolute Gasteiger partial charge is 0.141 e. The van der Waals surface area contributed by atoms with Crippen LogP contribution in [0.25, 0.3) is 0 Å². The third kappa shape index (κ3) is 2.44. The van der Waals surface area contributed by atoms with Crippen LogP contribution >= 0.6 is 11.6 Å². The van der Waals surface area contributed by atoms with Gasteiger partial charge in [-0.25, -0.2) is 9.38 Å². The van der Waals surface area contributed by atoms with Crippen molar-refractivity contribution in [1.29, 1.82) is 5.26 Å². The normalized spacial score (nSPS) is 11.1. The molecule has 0 aromatic heterocycles. The standard InChI is InChI=1S/C9H7ClFN3/c10-4-9(13)14-7-1-2-8(11)6(3-7)5-12/h1-3H,4H2,(H2,13,14). The van der Waals surface area contributed by atoms with E-state index >= 15 is 0 Å². The second-order valence-corrected chi connectivity index (χ2v) is 2.78. The zero-order valence-corrected chi connectivity index (χ0v) is 7.92. The molecule has 0 heterocycles. The third-order valence-electron chi connectivity index (χ3n) is 1.48. The first-order valence-corrected chi connectivity index (χ1v) is 4.29. The number of alkyl halides is 1. The lowest BCUT2D eigenvalue weighted by Gasteiger charge is -1.97. The van der Waals surface area contributed by atoms with Gasteiger partial charge in [-0.1, -0.05) is 0 Å². The molecule has 2 N–H and O–H groups in total. The van der Waals surface area contributed by atoms with E-state index in [0.717, 1.165) is 0 Å². The monoisotopic (exact) mass is 211 g/mol. The summed E-state index contributed by atoms with van der Waals surface area (Å²) in [5, 5.41) is 8.54. The molecule has 0 aliphatic carbocycles. The minimum atomic E-state index is -0.573. The Bertz CT molecular complexity index is 409. The van der Waals surface area contributed by atoms with Crippen LogP contribution in [0.15, 0.2) is 23.2 Å². The van der Waals surface area contributed by atoms with Gasteiger partial charge in [0, 0.05) is 0 Å². The van der Waals surface area contributed by atoms with Crippen LogP contribution in [0.2, 0.25) is 0 Å². The summed E-state index contributed by atoms with van der Waals surface area (Å²) < 4.78 is 12.9. The number of nitrogens with two attached hydrogens (primary N) is 1. The lowest BCUT2D eigenvalue weighted by Crippen LogP contribution is -2.12.